The predicted molar refractivity (Wildman–Crippen MR) is 83.5 cm³/mol. The lowest BCUT2D eigenvalue weighted by Gasteiger charge is -2.08. The minimum absolute atomic E-state index is 0.180. The van der Waals surface area contributed by atoms with Gasteiger partial charge in [-0.05, 0) is 42.8 Å². The number of rotatable bonds is 7. The van der Waals surface area contributed by atoms with Crippen molar-refractivity contribution in [3.63, 3.8) is 0 Å². The molecule has 0 bridgehead atoms. The Kier molecular flexibility index (Phi) is 5.30. The summed E-state index contributed by atoms with van der Waals surface area (Å²) in [6.45, 7) is 3.12. The van der Waals surface area contributed by atoms with Crippen molar-refractivity contribution in [3.8, 4) is 0 Å². The Morgan fingerprint density at radius 3 is 2.48 bits per heavy atom. The molecule has 21 heavy (non-hydrogen) atoms. The van der Waals surface area contributed by atoms with Crippen LogP contribution >= 0.6 is 0 Å². The molecular weight excluding hydrogens is 286 g/mol. The van der Waals surface area contributed by atoms with E-state index in [1.54, 1.807) is 42.6 Å². The summed E-state index contributed by atoms with van der Waals surface area (Å²) in [5, 5.41) is 3.21. The van der Waals surface area contributed by atoms with E-state index in [2.05, 4.69) is 21.9 Å². The molecule has 2 N–H and O–H groups in total. The number of nitrogens with one attached hydrogen (secondary N) is 2. The fraction of sp³-hybridized carbons (Fsp3) is 0.267. The van der Waals surface area contributed by atoms with Crippen LogP contribution in [0.2, 0.25) is 0 Å². The lowest BCUT2D eigenvalue weighted by molar-refractivity contribution is 0.580. The molecule has 0 fully saturated rings. The maximum atomic E-state index is 12.2. The fourth-order valence-electron chi connectivity index (χ4n) is 1.78. The lowest BCUT2D eigenvalue weighted by Crippen LogP contribution is -2.23. The topological polar surface area (TPSA) is 71.1 Å². The van der Waals surface area contributed by atoms with Gasteiger partial charge >= 0.3 is 0 Å². The number of hydrogen-bond donors (Lipinski definition) is 2. The van der Waals surface area contributed by atoms with E-state index in [4.69, 9.17) is 0 Å². The molecule has 2 rings (SSSR count). The Bertz CT molecular complexity index is 655. The van der Waals surface area contributed by atoms with Gasteiger partial charge in [-0.25, -0.2) is 13.1 Å². The molecule has 0 aliphatic rings. The third-order valence-corrected chi connectivity index (χ3v) is 4.33. The van der Waals surface area contributed by atoms with E-state index in [1.807, 2.05) is 6.07 Å². The largest absolute Gasteiger partial charge is 0.385 e. The van der Waals surface area contributed by atoms with Crippen molar-refractivity contribution in [3.05, 3.63) is 54.4 Å². The first kappa shape index (κ1) is 15.5. The van der Waals surface area contributed by atoms with Crippen LogP contribution in [0.1, 0.15) is 19.0 Å². The monoisotopic (exact) mass is 305 g/mol. The molecule has 1 aromatic heterocycles. The van der Waals surface area contributed by atoms with Crippen LogP contribution in [-0.2, 0) is 16.6 Å². The van der Waals surface area contributed by atoms with Gasteiger partial charge in [0.15, 0.2) is 0 Å². The smallest absolute Gasteiger partial charge is 0.240 e. The van der Waals surface area contributed by atoms with Crippen LogP contribution in [0, 0.1) is 0 Å². The molecule has 0 unspecified atom stereocenters. The van der Waals surface area contributed by atoms with E-state index in [9.17, 15) is 8.42 Å². The Balaban J connectivity index is 2.02. The molecule has 0 saturated heterocycles. The Hall–Kier alpha value is -1.92. The molecule has 1 aromatic carbocycles. The van der Waals surface area contributed by atoms with Gasteiger partial charge in [-0.3, -0.25) is 4.98 Å². The molecule has 0 atom stereocenters. The molecular formula is C15H19N3O2S. The van der Waals surface area contributed by atoms with Crippen molar-refractivity contribution in [1.29, 1.82) is 0 Å². The van der Waals surface area contributed by atoms with Gasteiger partial charge in [0.05, 0.1) is 17.1 Å². The van der Waals surface area contributed by atoms with Crippen LogP contribution in [0.3, 0.4) is 0 Å². The number of sulfonamides is 1. The van der Waals surface area contributed by atoms with Gasteiger partial charge in [0.25, 0.3) is 0 Å². The van der Waals surface area contributed by atoms with E-state index >= 15 is 0 Å². The summed E-state index contributed by atoms with van der Waals surface area (Å²) in [7, 11) is -3.51. The first-order valence-corrected chi connectivity index (χ1v) is 8.33. The molecule has 2 aromatic rings. The standard InChI is InChI=1S/C15H19N3O2S/c1-2-10-16-13-6-8-15(9-7-13)21(19,20)18-12-14-5-3-4-11-17-14/h3-9,11,16,18H,2,10,12H2,1H3. The highest BCUT2D eigenvalue weighted by Crippen LogP contribution is 2.14. The first-order valence-electron chi connectivity index (χ1n) is 6.85. The molecule has 6 heteroatoms. The highest BCUT2D eigenvalue weighted by molar-refractivity contribution is 7.89. The Labute approximate surface area is 125 Å². The second-order valence-corrected chi connectivity index (χ2v) is 6.36. The second kappa shape index (κ2) is 7.19. The number of pyridine rings is 1. The quantitative estimate of drug-likeness (QED) is 0.824. The van der Waals surface area contributed by atoms with Gasteiger partial charge < -0.3 is 5.32 Å². The summed E-state index contributed by atoms with van der Waals surface area (Å²) in [5.41, 5.74) is 1.60. The second-order valence-electron chi connectivity index (χ2n) is 4.60. The zero-order valence-electron chi connectivity index (χ0n) is 11.9. The van der Waals surface area contributed by atoms with Gasteiger partial charge in [0, 0.05) is 18.4 Å². The van der Waals surface area contributed by atoms with Crippen molar-refractivity contribution < 1.29 is 8.42 Å². The third-order valence-electron chi connectivity index (χ3n) is 2.91. The third kappa shape index (κ3) is 4.54. The van der Waals surface area contributed by atoms with Crippen molar-refractivity contribution in [2.24, 2.45) is 0 Å². The van der Waals surface area contributed by atoms with E-state index in [1.165, 1.54) is 0 Å². The SMILES string of the molecule is CCCNc1ccc(S(=O)(=O)NCc2ccccn2)cc1. The number of aromatic nitrogens is 1. The number of hydrogen-bond acceptors (Lipinski definition) is 4. The summed E-state index contributed by atoms with van der Waals surface area (Å²) in [4.78, 5) is 4.34. The van der Waals surface area contributed by atoms with E-state index in [0.29, 0.717) is 5.69 Å². The van der Waals surface area contributed by atoms with Crippen LogP contribution in [0.15, 0.2) is 53.6 Å². The van der Waals surface area contributed by atoms with Gasteiger partial charge in [-0.2, -0.15) is 0 Å². The van der Waals surface area contributed by atoms with Crippen LogP contribution < -0.4 is 10.0 Å². The van der Waals surface area contributed by atoms with E-state index in [0.717, 1.165) is 18.7 Å². The predicted octanol–water partition coefficient (Wildman–Crippen LogP) is 2.38. The molecule has 112 valence electrons. The van der Waals surface area contributed by atoms with Crippen molar-refractivity contribution >= 4 is 15.7 Å². The van der Waals surface area contributed by atoms with Crippen molar-refractivity contribution in [2.75, 3.05) is 11.9 Å². The first-order chi connectivity index (χ1) is 10.1. The zero-order valence-corrected chi connectivity index (χ0v) is 12.7. The summed E-state index contributed by atoms with van der Waals surface area (Å²) in [5.74, 6) is 0. The van der Waals surface area contributed by atoms with E-state index < -0.39 is 10.0 Å². The Morgan fingerprint density at radius 2 is 1.86 bits per heavy atom. The number of benzene rings is 1. The minimum Gasteiger partial charge on any atom is -0.385 e. The summed E-state index contributed by atoms with van der Waals surface area (Å²) >= 11 is 0. The summed E-state index contributed by atoms with van der Waals surface area (Å²) in [6.07, 6.45) is 2.66. The zero-order chi connectivity index (χ0) is 15.1. The molecule has 0 spiro atoms. The number of anilines is 1. The van der Waals surface area contributed by atoms with Gasteiger partial charge in [-0.1, -0.05) is 13.0 Å². The van der Waals surface area contributed by atoms with Crippen molar-refractivity contribution in [2.45, 2.75) is 24.8 Å². The number of nitrogens with zero attached hydrogens (tertiary/aromatic N) is 1. The summed E-state index contributed by atoms with van der Waals surface area (Å²) in [6, 6.07) is 12.1. The highest BCUT2D eigenvalue weighted by atomic mass is 32.2. The molecule has 0 radical (unpaired) electrons. The molecule has 0 aliphatic heterocycles. The van der Waals surface area contributed by atoms with Crippen molar-refractivity contribution in [1.82, 2.24) is 9.71 Å². The average molecular weight is 305 g/mol. The Morgan fingerprint density at radius 1 is 1.10 bits per heavy atom. The fourth-order valence-corrected chi connectivity index (χ4v) is 2.78. The maximum Gasteiger partial charge on any atom is 0.240 e. The molecule has 0 aliphatic carbocycles. The molecule has 5 nitrogen and oxygen atoms in total. The summed E-state index contributed by atoms with van der Waals surface area (Å²) < 4.78 is 26.9. The minimum atomic E-state index is -3.51. The maximum absolute atomic E-state index is 12.2. The van der Waals surface area contributed by atoms with E-state index in [-0.39, 0.29) is 11.4 Å². The molecule has 0 saturated carbocycles. The van der Waals surface area contributed by atoms with Crippen LogP contribution in [0.25, 0.3) is 0 Å². The van der Waals surface area contributed by atoms with Gasteiger partial charge in [0.1, 0.15) is 0 Å². The van der Waals surface area contributed by atoms with Gasteiger partial charge in [-0.15, -0.1) is 0 Å². The van der Waals surface area contributed by atoms with Crippen LogP contribution in [-0.4, -0.2) is 19.9 Å². The average Bonchev–Trinajstić information content (AvgIpc) is 2.52. The van der Waals surface area contributed by atoms with Gasteiger partial charge in [0.2, 0.25) is 10.0 Å². The highest BCUT2D eigenvalue weighted by Gasteiger charge is 2.13. The van der Waals surface area contributed by atoms with Crippen LogP contribution in [0.5, 0.6) is 0 Å². The lowest BCUT2D eigenvalue weighted by atomic mass is 10.3. The molecule has 0 amide bonds. The molecule has 1 heterocycles. The normalized spacial score (nSPS) is 11.3. The van der Waals surface area contributed by atoms with Crippen LogP contribution in [0.4, 0.5) is 5.69 Å².